The first-order chi connectivity index (χ1) is 32.0. The van der Waals surface area contributed by atoms with Gasteiger partial charge in [-0.2, -0.15) is 0 Å². The van der Waals surface area contributed by atoms with E-state index in [0.29, 0.717) is 18.7 Å². The van der Waals surface area contributed by atoms with E-state index in [-0.39, 0.29) is 90.3 Å². The summed E-state index contributed by atoms with van der Waals surface area (Å²) in [4.78, 5) is 88.0. The van der Waals surface area contributed by atoms with Crippen LogP contribution in [0.15, 0.2) is 90.0 Å². The van der Waals surface area contributed by atoms with Crippen LogP contribution in [0.5, 0.6) is 0 Å². The average molecular weight is 901 g/mol. The third kappa shape index (κ3) is 13.9. The number of carbonyl (C=O) groups excluding carboxylic acids is 5. The molecule has 12 heteroatoms. The Morgan fingerprint density at radius 1 is 0.742 bits per heavy atom. The van der Waals surface area contributed by atoms with Gasteiger partial charge in [-0.1, -0.05) is 145 Å². The summed E-state index contributed by atoms with van der Waals surface area (Å²) in [5.74, 6) is -3.11. The second-order valence-corrected chi connectivity index (χ2v) is 18.8. The zero-order valence-electron chi connectivity index (χ0n) is 39.4. The number of carbonyl (C=O) groups is 5. The van der Waals surface area contributed by atoms with E-state index in [0.717, 1.165) is 68.9 Å². The molecule has 0 saturated heterocycles. The Morgan fingerprint density at radius 3 is 1.82 bits per heavy atom. The predicted molar refractivity (Wildman–Crippen MR) is 259 cm³/mol. The molecule has 1 heterocycles. The van der Waals surface area contributed by atoms with Crippen LogP contribution in [-0.4, -0.2) is 63.6 Å². The molecule has 7 atom stereocenters. The molecular formula is C54H72N6O6. The van der Waals surface area contributed by atoms with Gasteiger partial charge in [0.2, 0.25) is 23.6 Å². The van der Waals surface area contributed by atoms with E-state index < -0.39 is 29.4 Å². The van der Waals surface area contributed by atoms with Crippen molar-refractivity contribution in [2.75, 3.05) is 6.54 Å². The molecule has 1 unspecified atom stereocenters. The van der Waals surface area contributed by atoms with Gasteiger partial charge in [0, 0.05) is 48.4 Å². The van der Waals surface area contributed by atoms with Gasteiger partial charge in [0.1, 0.15) is 6.04 Å². The van der Waals surface area contributed by atoms with Crippen molar-refractivity contribution in [3.05, 3.63) is 118 Å². The largest absolute Gasteiger partial charge is 0.354 e. The van der Waals surface area contributed by atoms with E-state index in [4.69, 9.17) is 0 Å². The monoisotopic (exact) mass is 901 g/mol. The van der Waals surface area contributed by atoms with Gasteiger partial charge in [-0.25, -0.2) is 4.98 Å². The number of ketones is 1. The highest BCUT2D eigenvalue weighted by atomic mass is 16.2. The fraction of sp³-hybridized carbons (Fsp3) is 0.537. The first-order valence-electron chi connectivity index (χ1n) is 24.7. The summed E-state index contributed by atoms with van der Waals surface area (Å²) in [5.41, 5.74) is 2.52. The molecule has 3 aromatic rings. The van der Waals surface area contributed by atoms with Crippen LogP contribution in [0.4, 0.5) is 0 Å². The molecule has 0 aliphatic heterocycles. The average Bonchev–Trinajstić information content (AvgIpc) is 4.23. The van der Waals surface area contributed by atoms with Crippen LogP contribution in [0.3, 0.4) is 0 Å². The molecule has 2 aromatic carbocycles. The SMILES string of the molecule is C=C/C(=C\c1c(C)ncn(CC(NC(=O)CCCCCCCCC)C(=O)NCCCCCC)c1=O)C(=O)C1C[C@@H](C(=O)N[C@H]2C[C@@H]2c2ccccc2)[C@H](C(=O)N[C@H]2C[C@@H]2c2ccccc2)C1. The molecule has 0 spiro atoms. The van der Waals surface area contributed by atoms with E-state index in [2.05, 4.69) is 70.9 Å². The number of hydrogen-bond donors (Lipinski definition) is 4. The minimum absolute atomic E-state index is 0.0430. The van der Waals surface area contributed by atoms with Crippen LogP contribution < -0.4 is 26.8 Å². The number of benzene rings is 2. The second-order valence-electron chi connectivity index (χ2n) is 18.8. The summed E-state index contributed by atoms with van der Waals surface area (Å²) in [6, 6.07) is 19.0. The fourth-order valence-electron chi connectivity index (χ4n) is 9.55. The fourth-order valence-corrected chi connectivity index (χ4v) is 9.55. The number of nitrogens with zero attached hydrogens (tertiary/aromatic N) is 2. The zero-order valence-corrected chi connectivity index (χ0v) is 39.4. The van der Waals surface area contributed by atoms with Crippen LogP contribution in [0.25, 0.3) is 6.08 Å². The normalized spacial score (nSPS) is 21.7. The number of Topliss-reactive ketones (excluding diaryl/α,β-unsaturated/α-hetero) is 1. The van der Waals surface area contributed by atoms with Crippen LogP contribution in [0.2, 0.25) is 0 Å². The highest BCUT2D eigenvalue weighted by molar-refractivity contribution is 6.04. The summed E-state index contributed by atoms with van der Waals surface area (Å²) in [5, 5.41) is 12.2. The summed E-state index contributed by atoms with van der Waals surface area (Å²) >= 11 is 0. The van der Waals surface area contributed by atoms with Crippen LogP contribution in [0.1, 0.15) is 151 Å². The number of aryl methyl sites for hydroxylation is 1. The molecule has 354 valence electrons. The Bertz CT molecular complexity index is 2150. The Kier molecular flexibility index (Phi) is 18.7. The lowest BCUT2D eigenvalue weighted by Gasteiger charge is -2.20. The summed E-state index contributed by atoms with van der Waals surface area (Å²) in [6.07, 6.45) is 17.8. The van der Waals surface area contributed by atoms with Crippen LogP contribution >= 0.6 is 0 Å². The molecule has 3 aliphatic carbocycles. The lowest BCUT2D eigenvalue weighted by Crippen LogP contribution is -2.50. The summed E-state index contributed by atoms with van der Waals surface area (Å²) in [7, 11) is 0. The Hall–Kier alpha value is -5.65. The maximum Gasteiger partial charge on any atom is 0.260 e. The third-order valence-electron chi connectivity index (χ3n) is 13.7. The van der Waals surface area contributed by atoms with E-state index in [1.54, 1.807) is 6.92 Å². The number of nitrogens with one attached hydrogen (secondary N) is 4. The number of rotatable bonds is 27. The maximum atomic E-state index is 14.5. The van der Waals surface area contributed by atoms with Gasteiger partial charge in [-0.05, 0) is 62.7 Å². The van der Waals surface area contributed by atoms with E-state index in [1.807, 2.05) is 36.4 Å². The van der Waals surface area contributed by atoms with Crippen molar-refractivity contribution < 1.29 is 24.0 Å². The quantitative estimate of drug-likeness (QED) is 0.0342. The minimum Gasteiger partial charge on any atom is -0.354 e. The molecule has 3 fully saturated rings. The maximum absolute atomic E-state index is 14.5. The highest BCUT2D eigenvalue weighted by Crippen LogP contribution is 2.45. The van der Waals surface area contributed by atoms with Crippen LogP contribution in [-0.2, 0) is 30.5 Å². The van der Waals surface area contributed by atoms with Crippen molar-refractivity contribution in [2.45, 2.75) is 160 Å². The Balaban J connectivity index is 1.16. The Labute approximate surface area is 391 Å². The molecule has 6 rings (SSSR count). The first-order valence-corrected chi connectivity index (χ1v) is 24.7. The van der Waals surface area contributed by atoms with E-state index in [1.165, 1.54) is 42.3 Å². The van der Waals surface area contributed by atoms with Gasteiger partial charge in [-0.3, -0.25) is 33.3 Å². The molecule has 4 amide bonds. The Morgan fingerprint density at radius 2 is 1.27 bits per heavy atom. The molecule has 1 aromatic heterocycles. The predicted octanol–water partition coefficient (Wildman–Crippen LogP) is 8.00. The first kappa shape index (κ1) is 49.8. The minimum atomic E-state index is -1.02. The lowest BCUT2D eigenvalue weighted by atomic mass is 9.93. The van der Waals surface area contributed by atoms with Crippen LogP contribution in [0, 0.1) is 24.7 Å². The van der Waals surface area contributed by atoms with Crippen molar-refractivity contribution in [3.63, 3.8) is 0 Å². The van der Waals surface area contributed by atoms with Crippen molar-refractivity contribution in [3.8, 4) is 0 Å². The standard InChI is InChI=1S/C54H72N6O6/c1-5-8-10-12-13-14-21-27-49(61)57-48(53(65)55-28-22-11-9-6-2)34-60-35-56-36(4)41(54(60)66)29-37(7-3)50(62)40-30-44(51(63)58-46-32-42(46)38-23-17-15-18-24-38)45(31-40)52(64)59-47-33-43(47)39-25-19-16-20-26-39/h7,15-20,23-26,29,35,40,42-48H,3,5-6,8-14,21-22,27-28,30-34H2,1-2,4H3,(H,55,65)(H,57,61)(H,58,63)(H,59,64)/b37-29+/t42-,43-,44-,45-,46+,47+,48?/m1/s1. The second kappa shape index (κ2) is 24.8. The third-order valence-corrected chi connectivity index (χ3v) is 13.7. The summed E-state index contributed by atoms with van der Waals surface area (Å²) < 4.78 is 1.30. The molecule has 3 saturated carbocycles. The smallest absolute Gasteiger partial charge is 0.260 e. The molecule has 4 N–H and O–H groups in total. The number of allylic oxidation sites excluding steroid dienone is 2. The zero-order chi connectivity index (χ0) is 47.0. The highest BCUT2D eigenvalue weighted by Gasteiger charge is 2.49. The molecule has 0 bridgehead atoms. The lowest BCUT2D eigenvalue weighted by molar-refractivity contribution is -0.133. The van der Waals surface area contributed by atoms with Gasteiger partial charge in [0.25, 0.3) is 5.56 Å². The number of amides is 4. The topological polar surface area (TPSA) is 168 Å². The van der Waals surface area contributed by atoms with Crippen molar-refractivity contribution in [1.29, 1.82) is 0 Å². The van der Waals surface area contributed by atoms with Gasteiger partial charge in [-0.15, -0.1) is 0 Å². The van der Waals surface area contributed by atoms with Gasteiger partial charge in [0.15, 0.2) is 5.78 Å². The summed E-state index contributed by atoms with van der Waals surface area (Å²) in [6.45, 7) is 10.2. The molecule has 3 aliphatic rings. The van der Waals surface area contributed by atoms with Gasteiger partial charge < -0.3 is 21.3 Å². The van der Waals surface area contributed by atoms with Crippen molar-refractivity contribution in [2.24, 2.45) is 17.8 Å². The van der Waals surface area contributed by atoms with E-state index >= 15 is 0 Å². The number of aromatic nitrogens is 2. The number of unbranched alkanes of at least 4 members (excludes halogenated alkanes) is 9. The number of hydrogen-bond acceptors (Lipinski definition) is 7. The molecule has 12 nitrogen and oxygen atoms in total. The van der Waals surface area contributed by atoms with E-state index in [9.17, 15) is 28.8 Å². The molecule has 0 radical (unpaired) electrons. The van der Waals surface area contributed by atoms with Crippen molar-refractivity contribution in [1.82, 2.24) is 30.8 Å². The van der Waals surface area contributed by atoms with Crippen molar-refractivity contribution >= 4 is 35.5 Å². The molecule has 66 heavy (non-hydrogen) atoms. The van der Waals surface area contributed by atoms with Gasteiger partial charge in [0.05, 0.1) is 36.0 Å². The molecular weight excluding hydrogens is 829 g/mol. The van der Waals surface area contributed by atoms with Gasteiger partial charge >= 0.3 is 0 Å².